The Bertz CT molecular complexity index is 19.5. The minimum atomic E-state index is 0.747. The van der Waals surface area contributed by atoms with Crippen LogP contribution in [0, 0.1) is 0 Å². The van der Waals surface area contributed by atoms with Crippen molar-refractivity contribution in [3.8, 4) is 0 Å². The summed E-state index contributed by atoms with van der Waals surface area (Å²) in [7, 11) is 3.45. The maximum Gasteiger partial charge on any atom is 0.0354 e. The number of nitrogens with zero attached hydrogens (tertiary/aromatic N) is 1. The molecule has 0 heterocycles. The van der Waals surface area contributed by atoms with E-state index >= 15 is 0 Å². The highest BCUT2D eigenvalue weighted by Crippen LogP contribution is 1.74. The van der Waals surface area contributed by atoms with Crippen LogP contribution in [0.3, 0.4) is 0 Å². The van der Waals surface area contributed by atoms with Crippen molar-refractivity contribution in [3.63, 3.8) is 0 Å². The number of ether oxygens (including phenoxy) is 1. The molecule has 6 heavy (non-hydrogen) atoms. The molecule has 0 aliphatic carbocycles. The van der Waals surface area contributed by atoms with Gasteiger partial charge in [0.25, 0.3) is 0 Å². The normalized spacial score (nSPS) is 9.00. The minimum absolute atomic E-state index is 0.747. The average molecular weight is 88.1 g/mol. The third-order valence-electron chi connectivity index (χ3n) is 0.519. The van der Waals surface area contributed by atoms with Crippen LogP contribution >= 0.6 is 0 Å². The molecule has 0 unspecified atom stereocenters. The molecular formula is C4H10NO-. The van der Waals surface area contributed by atoms with E-state index in [1.807, 2.05) is 0 Å². The molecule has 0 rings (SSSR count). The Morgan fingerprint density at radius 3 is 2.50 bits per heavy atom. The number of hydrogen-bond acceptors (Lipinski definition) is 1. The molecule has 0 saturated carbocycles. The second-order valence-electron chi connectivity index (χ2n) is 1.03. The number of rotatable bonds is 3. The molecule has 0 saturated heterocycles. The van der Waals surface area contributed by atoms with E-state index in [9.17, 15) is 0 Å². The van der Waals surface area contributed by atoms with E-state index in [4.69, 9.17) is 0 Å². The van der Waals surface area contributed by atoms with Gasteiger partial charge in [-0.1, -0.05) is 0 Å². The maximum atomic E-state index is 4.69. The van der Waals surface area contributed by atoms with Crippen LogP contribution in [0.5, 0.6) is 0 Å². The number of methoxy groups -OCH3 is 1. The van der Waals surface area contributed by atoms with Gasteiger partial charge in [-0.05, 0) is 0 Å². The standard InChI is InChI=1S/C4H10NO/c1-5-3-4-6-2/h3-4H2,1-2H3/q-1. The molecule has 0 aromatic carbocycles. The Hall–Kier alpha value is -0.0800. The summed E-state index contributed by atoms with van der Waals surface area (Å²) in [6, 6.07) is 0. The lowest BCUT2D eigenvalue weighted by atomic mass is 10.7. The first kappa shape index (κ1) is 5.92. The minimum Gasteiger partial charge on any atom is -0.663 e. The summed E-state index contributed by atoms with van der Waals surface area (Å²) in [6.07, 6.45) is 0. The first-order chi connectivity index (χ1) is 2.91. The van der Waals surface area contributed by atoms with Crippen molar-refractivity contribution < 1.29 is 4.74 Å². The van der Waals surface area contributed by atoms with Crippen LogP contribution in [0.2, 0.25) is 0 Å². The topological polar surface area (TPSA) is 23.3 Å². The van der Waals surface area contributed by atoms with Crippen molar-refractivity contribution in [2.75, 3.05) is 27.3 Å². The van der Waals surface area contributed by atoms with Gasteiger partial charge in [0.15, 0.2) is 0 Å². The molecule has 2 nitrogen and oxygen atoms in total. The SMILES string of the molecule is C[N-]CCOC. The van der Waals surface area contributed by atoms with Gasteiger partial charge in [0.05, 0.1) is 0 Å². The Morgan fingerprint density at radius 1 is 1.67 bits per heavy atom. The largest absolute Gasteiger partial charge is 0.663 e. The van der Waals surface area contributed by atoms with Crippen LogP contribution in [0.1, 0.15) is 0 Å². The third-order valence-corrected chi connectivity index (χ3v) is 0.519. The summed E-state index contributed by atoms with van der Waals surface area (Å²) < 4.78 is 4.69. The molecule has 0 spiro atoms. The van der Waals surface area contributed by atoms with E-state index in [0.717, 1.165) is 13.2 Å². The van der Waals surface area contributed by atoms with Crippen LogP contribution in [0.25, 0.3) is 5.32 Å². The van der Waals surface area contributed by atoms with Gasteiger partial charge in [0.2, 0.25) is 0 Å². The second-order valence-corrected chi connectivity index (χ2v) is 1.03. The van der Waals surface area contributed by atoms with Crippen molar-refractivity contribution in [2.24, 2.45) is 0 Å². The zero-order chi connectivity index (χ0) is 4.83. The maximum absolute atomic E-state index is 4.69. The van der Waals surface area contributed by atoms with Crippen molar-refractivity contribution in [3.05, 3.63) is 5.32 Å². The Kier molecular flexibility index (Phi) is 4.85. The molecule has 0 aliphatic heterocycles. The Balaban J connectivity index is 2.34. The molecule has 0 atom stereocenters. The Labute approximate surface area is 38.5 Å². The molecule has 0 N–H and O–H groups in total. The highest BCUT2D eigenvalue weighted by Gasteiger charge is 1.62. The third kappa shape index (κ3) is 3.92. The molecule has 2 heteroatoms. The second kappa shape index (κ2) is 4.92. The monoisotopic (exact) mass is 88.1 g/mol. The molecule has 0 aliphatic rings. The molecular weight excluding hydrogens is 78.0 g/mol. The number of likely N-dealkylation sites (N-methyl/N-ethyl adjacent to an activating group) is 1. The number of hydrogen-bond donors (Lipinski definition) is 0. The zero-order valence-electron chi connectivity index (χ0n) is 4.27. The van der Waals surface area contributed by atoms with Crippen LogP contribution in [-0.4, -0.2) is 27.3 Å². The van der Waals surface area contributed by atoms with E-state index in [-0.39, 0.29) is 0 Å². The Morgan fingerprint density at radius 2 is 2.33 bits per heavy atom. The van der Waals surface area contributed by atoms with Gasteiger partial charge < -0.3 is 10.1 Å². The van der Waals surface area contributed by atoms with Gasteiger partial charge >= 0.3 is 0 Å². The van der Waals surface area contributed by atoms with Gasteiger partial charge in [0, 0.05) is 13.7 Å². The zero-order valence-corrected chi connectivity index (χ0v) is 4.27. The molecule has 0 amide bonds. The summed E-state index contributed by atoms with van der Waals surface area (Å²) in [6.45, 7) is 1.56. The smallest absolute Gasteiger partial charge is 0.0354 e. The van der Waals surface area contributed by atoms with E-state index in [0.29, 0.717) is 0 Å². The lowest BCUT2D eigenvalue weighted by Gasteiger charge is -2.06. The van der Waals surface area contributed by atoms with Crippen molar-refractivity contribution >= 4 is 0 Å². The predicted octanol–water partition coefficient (Wildman–Crippen LogP) is 0.636. The van der Waals surface area contributed by atoms with Gasteiger partial charge in [0.1, 0.15) is 0 Å². The van der Waals surface area contributed by atoms with E-state index in [1.54, 1.807) is 14.2 Å². The van der Waals surface area contributed by atoms with E-state index in [2.05, 4.69) is 10.1 Å². The van der Waals surface area contributed by atoms with Crippen LogP contribution in [-0.2, 0) is 4.74 Å². The van der Waals surface area contributed by atoms with Crippen LogP contribution in [0.4, 0.5) is 0 Å². The highest BCUT2D eigenvalue weighted by atomic mass is 16.5. The summed E-state index contributed by atoms with van der Waals surface area (Å²) in [5, 5.41) is 3.80. The lowest BCUT2D eigenvalue weighted by Crippen LogP contribution is -1.91. The summed E-state index contributed by atoms with van der Waals surface area (Å²) in [5.41, 5.74) is 0. The van der Waals surface area contributed by atoms with Gasteiger partial charge in [-0.15, -0.1) is 6.54 Å². The fraction of sp³-hybridized carbons (Fsp3) is 1.00. The highest BCUT2D eigenvalue weighted by molar-refractivity contribution is 4.67. The van der Waals surface area contributed by atoms with Gasteiger partial charge in [-0.25, -0.2) is 0 Å². The average Bonchev–Trinajstić information content (AvgIpc) is 1.61. The quantitative estimate of drug-likeness (QED) is 0.464. The molecule has 38 valence electrons. The molecule has 0 radical (unpaired) electrons. The molecule has 0 aromatic heterocycles. The van der Waals surface area contributed by atoms with Crippen molar-refractivity contribution in [2.45, 2.75) is 0 Å². The molecule has 0 aromatic rings. The van der Waals surface area contributed by atoms with Gasteiger partial charge in [-0.3, -0.25) is 0 Å². The van der Waals surface area contributed by atoms with Crippen LogP contribution < -0.4 is 0 Å². The summed E-state index contributed by atoms with van der Waals surface area (Å²) in [5.74, 6) is 0. The fourth-order valence-corrected chi connectivity index (χ4v) is 0.183. The van der Waals surface area contributed by atoms with Crippen LogP contribution in [0.15, 0.2) is 0 Å². The summed E-state index contributed by atoms with van der Waals surface area (Å²) >= 11 is 0. The van der Waals surface area contributed by atoms with Gasteiger partial charge in [-0.2, -0.15) is 7.05 Å². The predicted molar refractivity (Wildman–Crippen MR) is 26.0 cm³/mol. The van der Waals surface area contributed by atoms with Crippen molar-refractivity contribution in [1.82, 2.24) is 0 Å². The molecule has 0 bridgehead atoms. The first-order valence-electron chi connectivity index (χ1n) is 1.96. The van der Waals surface area contributed by atoms with Crippen molar-refractivity contribution in [1.29, 1.82) is 0 Å². The molecule has 0 fully saturated rings. The summed E-state index contributed by atoms with van der Waals surface area (Å²) in [4.78, 5) is 0. The fourth-order valence-electron chi connectivity index (χ4n) is 0.183. The lowest BCUT2D eigenvalue weighted by molar-refractivity contribution is 0.212. The van der Waals surface area contributed by atoms with E-state index < -0.39 is 0 Å². The first-order valence-corrected chi connectivity index (χ1v) is 1.96. The van der Waals surface area contributed by atoms with E-state index in [1.165, 1.54) is 0 Å².